The number of nitrogens with two attached hydrogens (primary N) is 1. The van der Waals surface area contributed by atoms with Gasteiger partial charge >= 0.3 is 0 Å². The molecule has 0 aromatic carbocycles. The molecule has 0 atom stereocenters. The minimum Gasteiger partial charge on any atom is -0.350 e. The van der Waals surface area contributed by atoms with Gasteiger partial charge in [-0.2, -0.15) is 0 Å². The van der Waals surface area contributed by atoms with Gasteiger partial charge in [-0.1, -0.05) is 0 Å². The molecule has 1 amide bonds. The molecule has 1 aromatic heterocycles. The van der Waals surface area contributed by atoms with Gasteiger partial charge in [0.05, 0.1) is 17.7 Å². The molecule has 0 aliphatic carbocycles. The van der Waals surface area contributed by atoms with Crippen molar-refractivity contribution in [2.45, 2.75) is 19.4 Å². The van der Waals surface area contributed by atoms with Crippen molar-refractivity contribution in [1.29, 1.82) is 0 Å². The Labute approximate surface area is 81.2 Å². The first-order chi connectivity index (χ1) is 6.33. The molecule has 0 bridgehead atoms. The molecular weight excluding hydrogens is 186 g/mol. The number of hydrogen-bond donors (Lipinski definition) is 2. The van der Waals surface area contributed by atoms with Gasteiger partial charge in [-0.25, -0.2) is 4.98 Å². The lowest BCUT2D eigenvalue weighted by atomic mass is 10.3. The molecule has 1 heterocycles. The van der Waals surface area contributed by atoms with Crippen LogP contribution in [0.4, 0.5) is 0 Å². The Hall–Kier alpha value is -0.940. The molecule has 13 heavy (non-hydrogen) atoms. The number of hydrogen-bond acceptors (Lipinski definition) is 4. The Morgan fingerprint density at radius 3 is 3.15 bits per heavy atom. The lowest BCUT2D eigenvalue weighted by Gasteiger charge is -2.01. The first kappa shape index (κ1) is 10.1. The zero-order valence-electron chi connectivity index (χ0n) is 7.32. The average molecular weight is 199 g/mol. The summed E-state index contributed by atoms with van der Waals surface area (Å²) >= 11 is 1.53. The molecule has 72 valence electrons. The minimum absolute atomic E-state index is 0.0402. The SMILES string of the molecule is NCCCC(=O)NCc1cscn1. The zero-order valence-corrected chi connectivity index (χ0v) is 8.14. The highest BCUT2D eigenvalue weighted by Gasteiger charge is 2.00. The van der Waals surface area contributed by atoms with E-state index in [1.165, 1.54) is 11.3 Å². The van der Waals surface area contributed by atoms with E-state index in [-0.39, 0.29) is 5.91 Å². The molecule has 3 N–H and O–H groups in total. The van der Waals surface area contributed by atoms with Crippen LogP contribution >= 0.6 is 11.3 Å². The summed E-state index contributed by atoms with van der Waals surface area (Å²) in [6.45, 7) is 1.08. The lowest BCUT2D eigenvalue weighted by molar-refractivity contribution is -0.121. The van der Waals surface area contributed by atoms with Crippen molar-refractivity contribution in [2.75, 3.05) is 6.54 Å². The first-order valence-corrected chi connectivity index (χ1v) is 5.11. The number of thiazole rings is 1. The van der Waals surface area contributed by atoms with E-state index in [0.717, 1.165) is 12.1 Å². The molecular formula is C8H13N3OS. The van der Waals surface area contributed by atoms with E-state index in [2.05, 4.69) is 10.3 Å². The van der Waals surface area contributed by atoms with Crippen molar-refractivity contribution in [1.82, 2.24) is 10.3 Å². The molecule has 1 aromatic rings. The number of aromatic nitrogens is 1. The molecule has 0 saturated heterocycles. The summed E-state index contributed by atoms with van der Waals surface area (Å²) in [6, 6.07) is 0. The third kappa shape index (κ3) is 4.00. The van der Waals surface area contributed by atoms with E-state index < -0.39 is 0 Å². The Bertz CT molecular complexity index is 248. The Kier molecular flexibility index (Phi) is 4.42. The molecule has 0 radical (unpaired) electrons. The fourth-order valence-electron chi connectivity index (χ4n) is 0.865. The first-order valence-electron chi connectivity index (χ1n) is 4.16. The minimum atomic E-state index is 0.0402. The lowest BCUT2D eigenvalue weighted by Crippen LogP contribution is -2.23. The van der Waals surface area contributed by atoms with Crippen LogP contribution in [0.25, 0.3) is 0 Å². The van der Waals surface area contributed by atoms with E-state index in [1.54, 1.807) is 5.51 Å². The van der Waals surface area contributed by atoms with Gasteiger partial charge in [-0.3, -0.25) is 4.79 Å². The number of carbonyl (C=O) groups excluding carboxylic acids is 1. The van der Waals surface area contributed by atoms with Gasteiger partial charge in [-0.15, -0.1) is 11.3 Å². The van der Waals surface area contributed by atoms with Crippen LogP contribution in [0.5, 0.6) is 0 Å². The predicted octanol–water partition coefficient (Wildman–Crippen LogP) is 0.498. The molecule has 0 unspecified atom stereocenters. The quantitative estimate of drug-likeness (QED) is 0.725. The number of nitrogens with zero attached hydrogens (tertiary/aromatic N) is 1. The van der Waals surface area contributed by atoms with E-state index in [4.69, 9.17) is 5.73 Å². The van der Waals surface area contributed by atoms with E-state index >= 15 is 0 Å². The van der Waals surface area contributed by atoms with Gasteiger partial charge in [0.25, 0.3) is 0 Å². The van der Waals surface area contributed by atoms with Gasteiger partial charge in [0.15, 0.2) is 0 Å². The number of carbonyl (C=O) groups is 1. The maximum atomic E-state index is 11.1. The van der Waals surface area contributed by atoms with Gasteiger partial charge in [0.2, 0.25) is 5.91 Å². The van der Waals surface area contributed by atoms with Gasteiger partial charge in [0.1, 0.15) is 0 Å². The van der Waals surface area contributed by atoms with Crippen LogP contribution in [0.15, 0.2) is 10.9 Å². The van der Waals surface area contributed by atoms with Crippen molar-refractivity contribution in [2.24, 2.45) is 5.73 Å². The van der Waals surface area contributed by atoms with Crippen molar-refractivity contribution >= 4 is 17.2 Å². The summed E-state index contributed by atoms with van der Waals surface area (Å²) in [5.41, 5.74) is 7.94. The summed E-state index contributed by atoms with van der Waals surface area (Å²) in [4.78, 5) is 15.2. The Morgan fingerprint density at radius 2 is 2.54 bits per heavy atom. The fraction of sp³-hybridized carbons (Fsp3) is 0.500. The Morgan fingerprint density at radius 1 is 1.69 bits per heavy atom. The van der Waals surface area contributed by atoms with Crippen molar-refractivity contribution < 1.29 is 4.79 Å². The van der Waals surface area contributed by atoms with Crippen LogP contribution in [0.1, 0.15) is 18.5 Å². The standard InChI is InChI=1S/C8H13N3OS/c9-3-1-2-8(12)10-4-7-5-13-6-11-7/h5-6H,1-4,9H2,(H,10,12). The summed E-state index contributed by atoms with van der Waals surface area (Å²) < 4.78 is 0. The smallest absolute Gasteiger partial charge is 0.220 e. The van der Waals surface area contributed by atoms with Gasteiger partial charge < -0.3 is 11.1 Å². The van der Waals surface area contributed by atoms with Crippen molar-refractivity contribution in [3.63, 3.8) is 0 Å². The zero-order chi connectivity index (χ0) is 9.52. The highest BCUT2D eigenvalue weighted by atomic mass is 32.1. The van der Waals surface area contributed by atoms with E-state index in [1.807, 2.05) is 5.38 Å². The number of rotatable bonds is 5. The van der Waals surface area contributed by atoms with Crippen LogP contribution in [-0.4, -0.2) is 17.4 Å². The Balaban J connectivity index is 2.15. The molecule has 5 heteroatoms. The summed E-state index contributed by atoms with van der Waals surface area (Å²) in [6.07, 6.45) is 1.24. The van der Waals surface area contributed by atoms with E-state index in [9.17, 15) is 4.79 Å². The van der Waals surface area contributed by atoms with Crippen LogP contribution in [-0.2, 0) is 11.3 Å². The monoisotopic (exact) mass is 199 g/mol. The van der Waals surface area contributed by atoms with Crippen molar-refractivity contribution in [3.05, 3.63) is 16.6 Å². The number of nitrogens with one attached hydrogen (secondary N) is 1. The van der Waals surface area contributed by atoms with Crippen LogP contribution in [0, 0.1) is 0 Å². The summed E-state index contributed by atoms with van der Waals surface area (Å²) in [5, 5.41) is 4.69. The molecule has 1 rings (SSSR count). The van der Waals surface area contributed by atoms with Crippen LogP contribution < -0.4 is 11.1 Å². The van der Waals surface area contributed by atoms with Gasteiger partial charge in [0, 0.05) is 11.8 Å². The second-order valence-electron chi connectivity index (χ2n) is 2.65. The summed E-state index contributed by atoms with van der Waals surface area (Å²) in [7, 11) is 0. The third-order valence-electron chi connectivity index (χ3n) is 1.56. The second-order valence-corrected chi connectivity index (χ2v) is 3.37. The maximum Gasteiger partial charge on any atom is 0.220 e. The van der Waals surface area contributed by atoms with Crippen LogP contribution in [0.3, 0.4) is 0 Å². The predicted molar refractivity (Wildman–Crippen MR) is 52.2 cm³/mol. The highest BCUT2D eigenvalue weighted by molar-refractivity contribution is 7.07. The number of amides is 1. The molecule has 0 aliphatic heterocycles. The molecule has 0 spiro atoms. The molecule has 0 aliphatic rings. The normalized spacial score (nSPS) is 9.92. The van der Waals surface area contributed by atoms with E-state index in [0.29, 0.717) is 19.5 Å². The summed E-state index contributed by atoms with van der Waals surface area (Å²) in [5.74, 6) is 0.0402. The van der Waals surface area contributed by atoms with Gasteiger partial charge in [-0.05, 0) is 13.0 Å². The molecule has 4 nitrogen and oxygen atoms in total. The third-order valence-corrected chi connectivity index (χ3v) is 2.19. The average Bonchev–Trinajstić information content (AvgIpc) is 2.64. The molecule has 0 saturated carbocycles. The fourth-order valence-corrected chi connectivity index (χ4v) is 1.42. The second kappa shape index (κ2) is 5.66. The topological polar surface area (TPSA) is 68.0 Å². The molecule has 0 fully saturated rings. The maximum absolute atomic E-state index is 11.1. The van der Waals surface area contributed by atoms with Crippen LogP contribution in [0.2, 0.25) is 0 Å². The van der Waals surface area contributed by atoms with Crippen molar-refractivity contribution in [3.8, 4) is 0 Å². The highest BCUT2D eigenvalue weighted by Crippen LogP contribution is 1.99. The largest absolute Gasteiger partial charge is 0.350 e.